The Morgan fingerprint density at radius 2 is 1.69 bits per heavy atom. The largest absolute Gasteiger partial charge is 0.493 e. The number of aliphatic hydroxyl groups excluding tert-OH is 1. The summed E-state index contributed by atoms with van der Waals surface area (Å²) in [5.74, 6) is 2.36. The monoisotopic (exact) mass is 495 g/mol. The summed E-state index contributed by atoms with van der Waals surface area (Å²) in [6.45, 7) is 9.41. The fourth-order valence-corrected chi connectivity index (χ4v) is 4.22. The van der Waals surface area contributed by atoms with Crippen LogP contribution in [0.4, 0.5) is 0 Å². The highest BCUT2D eigenvalue weighted by Crippen LogP contribution is 2.37. The highest BCUT2D eigenvalue weighted by atomic mass is 16.5. The second-order valence-corrected chi connectivity index (χ2v) is 9.55. The number of unbranched alkanes of at least 4 members (excludes halogenated alkanes) is 1. The number of rotatable bonds is 15. The second kappa shape index (κ2) is 14.0. The Morgan fingerprint density at radius 1 is 1.00 bits per heavy atom. The van der Waals surface area contributed by atoms with Crippen LogP contribution in [0, 0.1) is 5.92 Å². The molecular weight excluding hydrogens is 454 g/mol. The molecule has 3 rings (SSSR count). The molecular formula is C29H41N3O4. The molecule has 0 fully saturated rings. The van der Waals surface area contributed by atoms with E-state index in [9.17, 15) is 5.11 Å². The first-order chi connectivity index (χ1) is 17.4. The van der Waals surface area contributed by atoms with Crippen molar-refractivity contribution in [1.82, 2.24) is 14.7 Å². The Balaban J connectivity index is 1.93. The molecule has 0 aliphatic rings. The van der Waals surface area contributed by atoms with E-state index in [1.165, 1.54) is 0 Å². The van der Waals surface area contributed by atoms with Crippen molar-refractivity contribution in [2.75, 3.05) is 33.4 Å². The fraction of sp³-hybridized carbons (Fsp3) is 0.483. The molecule has 0 aliphatic carbocycles. The lowest BCUT2D eigenvalue weighted by atomic mass is 10.1. The van der Waals surface area contributed by atoms with Gasteiger partial charge in [0.05, 0.1) is 25.4 Å². The zero-order valence-corrected chi connectivity index (χ0v) is 22.3. The number of hydrogen-bond acceptors (Lipinski definition) is 6. The molecule has 3 aromatic rings. The summed E-state index contributed by atoms with van der Waals surface area (Å²) in [5.41, 5.74) is 2.85. The van der Waals surface area contributed by atoms with Crippen molar-refractivity contribution in [2.24, 2.45) is 13.0 Å². The molecule has 0 spiro atoms. The second-order valence-electron chi connectivity index (χ2n) is 9.55. The van der Waals surface area contributed by atoms with Gasteiger partial charge in [-0.05, 0) is 24.5 Å². The molecule has 0 saturated carbocycles. The van der Waals surface area contributed by atoms with Gasteiger partial charge in [0.15, 0.2) is 11.5 Å². The van der Waals surface area contributed by atoms with Crippen molar-refractivity contribution in [1.29, 1.82) is 0 Å². The number of benzene rings is 2. The molecule has 1 heterocycles. The van der Waals surface area contributed by atoms with Crippen LogP contribution in [0.3, 0.4) is 0 Å². The minimum Gasteiger partial charge on any atom is -0.493 e. The SMILES string of the molecule is CCCCOC[C@@H](O)CN(Cc1c(-c2ccccc2)nn(C)c1Oc1ccccc1OC)CC(C)C. The Hall–Kier alpha value is -2.87. The van der Waals surface area contributed by atoms with Crippen LogP contribution in [0.2, 0.25) is 0 Å². The number of ether oxygens (including phenoxy) is 3. The standard InChI is InChI=1S/C29H41N3O4/c1-6-7-17-35-21-24(33)19-32(18-22(2)3)20-25-28(23-13-9-8-10-14-23)30-31(4)29(25)36-27-16-12-11-15-26(27)34-5/h8-16,22,24,33H,6-7,17-21H2,1-5H3/t24-/m0/s1. The Bertz CT molecular complexity index is 1050. The van der Waals surface area contributed by atoms with E-state index in [0.29, 0.717) is 49.6 Å². The molecule has 7 nitrogen and oxygen atoms in total. The van der Waals surface area contributed by atoms with Crippen molar-refractivity contribution in [3.63, 3.8) is 0 Å². The molecule has 1 N–H and O–H groups in total. The van der Waals surface area contributed by atoms with E-state index in [2.05, 4.69) is 37.8 Å². The number of nitrogens with zero attached hydrogens (tertiary/aromatic N) is 3. The normalized spacial score (nSPS) is 12.3. The molecule has 7 heteroatoms. The number of aliphatic hydroxyl groups is 1. The summed E-state index contributed by atoms with van der Waals surface area (Å²) in [6.07, 6.45) is 1.51. The van der Waals surface area contributed by atoms with Crippen LogP contribution >= 0.6 is 0 Å². The van der Waals surface area contributed by atoms with Gasteiger partial charge in [-0.3, -0.25) is 4.90 Å². The van der Waals surface area contributed by atoms with Crippen molar-refractivity contribution in [3.8, 4) is 28.6 Å². The van der Waals surface area contributed by atoms with Crippen LogP contribution < -0.4 is 9.47 Å². The Kier molecular flexibility index (Phi) is 10.8. The zero-order valence-electron chi connectivity index (χ0n) is 22.3. The maximum atomic E-state index is 10.7. The van der Waals surface area contributed by atoms with Crippen molar-refractivity contribution in [3.05, 3.63) is 60.2 Å². The average Bonchev–Trinajstić information content (AvgIpc) is 3.17. The number of hydrogen-bond donors (Lipinski definition) is 1. The van der Waals surface area contributed by atoms with E-state index < -0.39 is 6.10 Å². The highest BCUT2D eigenvalue weighted by molar-refractivity contribution is 5.66. The summed E-state index contributed by atoms with van der Waals surface area (Å²) in [4.78, 5) is 2.26. The zero-order chi connectivity index (χ0) is 25.9. The molecule has 0 amide bonds. The quantitative estimate of drug-likeness (QED) is 0.280. The molecule has 0 saturated heterocycles. The lowest BCUT2D eigenvalue weighted by molar-refractivity contribution is 0.0124. The van der Waals surface area contributed by atoms with Gasteiger partial charge in [0.2, 0.25) is 5.88 Å². The summed E-state index contributed by atoms with van der Waals surface area (Å²) >= 11 is 0. The van der Waals surface area contributed by atoms with Gasteiger partial charge in [-0.25, -0.2) is 4.68 Å². The highest BCUT2D eigenvalue weighted by Gasteiger charge is 2.24. The molecule has 0 bridgehead atoms. The Morgan fingerprint density at radius 3 is 2.36 bits per heavy atom. The van der Waals surface area contributed by atoms with E-state index >= 15 is 0 Å². The number of aryl methyl sites for hydroxylation is 1. The molecule has 0 radical (unpaired) electrons. The van der Waals surface area contributed by atoms with E-state index in [1.54, 1.807) is 11.8 Å². The van der Waals surface area contributed by atoms with Crippen LogP contribution in [0.15, 0.2) is 54.6 Å². The third kappa shape index (κ3) is 7.82. The van der Waals surface area contributed by atoms with Gasteiger partial charge < -0.3 is 19.3 Å². The molecule has 1 aromatic heterocycles. The van der Waals surface area contributed by atoms with Crippen LogP contribution in [0.5, 0.6) is 17.4 Å². The average molecular weight is 496 g/mol. The Labute approximate surface area is 215 Å². The minimum atomic E-state index is -0.573. The van der Waals surface area contributed by atoms with Gasteiger partial charge in [-0.2, -0.15) is 5.10 Å². The molecule has 36 heavy (non-hydrogen) atoms. The number of methoxy groups -OCH3 is 1. The van der Waals surface area contributed by atoms with E-state index in [-0.39, 0.29) is 0 Å². The van der Waals surface area contributed by atoms with Gasteiger partial charge in [0.1, 0.15) is 5.69 Å². The van der Waals surface area contributed by atoms with Gasteiger partial charge in [0, 0.05) is 38.9 Å². The lowest BCUT2D eigenvalue weighted by Crippen LogP contribution is -2.37. The van der Waals surface area contributed by atoms with Crippen LogP contribution in [0.1, 0.15) is 39.2 Å². The summed E-state index contributed by atoms with van der Waals surface area (Å²) in [7, 11) is 3.53. The van der Waals surface area contributed by atoms with E-state index in [0.717, 1.165) is 36.2 Å². The third-order valence-corrected chi connectivity index (χ3v) is 5.84. The van der Waals surface area contributed by atoms with Gasteiger partial charge >= 0.3 is 0 Å². The maximum Gasteiger partial charge on any atom is 0.222 e. The predicted octanol–water partition coefficient (Wildman–Crippen LogP) is 5.52. The predicted molar refractivity (Wildman–Crippen MR) is 144 cm³/mol. The molecule has 0 aliphatic heterocycles. The van der Waals surface area contributed by atoms with Crippen LogP contribution in [-0.4, -0.2) is 59.3 Å². The van der Waals surface area contributed by atoms with Gasteiger partial charge in [-0.15, -0.1) is 0 Å². The maximum absolute atomic E-state index is 10.7. The van der Waals surface area contributed by atoms with Crippen LogP contribution in [-0.2, 0) is 18.3 Å². The summed E-state index contributed by atoms with van der Waals surface area (Å²) in [6, 6.07) is 17.7. The molecule has 1 atom stereocenters. The molecule has 0 unspecified atom stereocenters. The lowest BCUT2D eigenvalue weighted by Gasteiger charge is -2.27. The first kappa shape index (κ1) is 27.7. The van der Waals surface area contributed by atoms with Crippen LogP contribution in [0.25, 0.3) is 11.3 Å². The van der Waals surface area contributed by atoms with Crippen molar-refractivity contribution >= 4 is 0 Å². The van der Waals surface area contributed by atoms with Crippen molar-refractivity contribution < 1.29 is 19.3 Å². The van der Waals surface area contributed by atoms with E-state index in [1.807, 2.05) is 49.5 Å². The number of aromatic nitrogens is 2. The first-order valence-corrected chi connectivity index (χ1v) is 12.8. The molecule has 2 aromatic carbocycles. The third-order valence-electron chi connectivity index (χ3n) is 5.84. The number of para-hydroxylation sites is 2. The van der Waals surface area contributed by atoms with Crippen molar-refractivity contribution in [2.45, 2.75) is 46.3 Å². The van der Waals surface area contributed by atoms with Gasteiger partial charge in [-0.1, -0.05) is 69.7 Å². The summed E-state index contributed by atoms with van der Waals surface area (Å²) in [5, 5.41) is 15.6. The topological polar surface area (TPSA) is 69.0 Å². The fourth-order valence-electron chi connectivity index (χ4n) is 4.22. The minimum absolute atomic E-state index is 0.331. The summed E-state index contributed by atoms with van der Waals surface area (Å²) < 4.78 is 19.4. The smallest absolute Gasteiger partial charge is 0.222 e. The van der Waals surface area contributed by atoms with Gasteiger partial charge in [0.25, 0.3) is 0 Å². The first-order valence-electron chi connectivity index (χ1n) is 12.8. The molecule has 196 valence electrons. The van der Waals surface area contributed by atoms with E-state index in [4.69, 9.17) is 19.3 Å².